The molecule has 1 aliphatic heterocycles. The van der Waals surface area contributed by atoms with Crippen molar-refractivity contribution in [3.05, 3.63) is 42.0 Å². The van der Waals surface area contributed by atoms with Crippen LogP contribution >= 0.6 is 11.8 Å². The molecule has 2 rings (SSSR count). The van der Waals surface area contributed by atoms with Crippen LogP contribution in [0.2, 0.25) is 0 Å². The first-order valence-corrected chi connectivity index (χ1v) is 7.94. The highest BCUT2D eigenvalue weighted by atomic mass is 32.2. The average molecular weight is 305 g/mol. The largest absolute Gasteiger partial charge is 0.468 e. The van der Waals surface area contributed by atoms with Gasteiger partial charge in [-0.1, -0.05) is 30.3 Å². The fourth-order valence-corrected chi connectivity index (χ4v) is 3.19. The van der Waals surface area contributed by atoms with Crippen LogP contribution in [0.4, 0.5) is 0 Å². The molecule has 1 fully saturated rings. The number of hydrogen-bond donors (Lipinski definition) is 0. The van der Waals surface area contributed by atoms with E-state index in [9.17, 15) is 9.59 Å². The summed E-state index contributed by atoms with van der Waals surface area (Å²) < 4.78 is 4.62. The number of benzene rings is 1. The fraction of sp³-hybridized carbons (Fsp3) is 0.375. The second-order valence-electron chi connectivity index (χ2n) is 4.83. The molecule has 0 saturated carbocycles. The number of ether oxygens (including phenoxy) is 1. The van der Waals surface area contributed by atoms with E-state index < -0.39 is 0 Å². The van der Waals surface area contributed by atoms with Crippen molar-refractivity contribution in [2.24, 2.45) is 0 Å². The first-order valence-electron chi connectivity index (χ1n) is 6.89. The van der Waals surface area contributed by atoms with E-state index in [1.54, 1.807) is 17.8 Å². The molecule has 0 N–H and O–H groups in total. The molecule has 1 heterocycles. The number of likely N-dealkylation sites (tertiary alicyclic amines) is 1. The molecule has 5 heteroatoms. The molecular weight excluding hydrogens is 286 g/mol. The maximum atomic E-state index is 12.1. The Hall–Kier alpha value is -1.75. The van der Waals surface area contributed by atoms with Gasteiger partial charge in [0.05, 0.1) is 12.9 Å². The van der Waals surface area contributed by atoms with Crippen molar-refractivity contribution >= 4 is 29.7 Å². The van der Waals surface area contributed by atoms with Crippen LogP contribution in [-0.2, 0) is 14.3 Å². The number of thioether (sulfide) groups is 1. The first-order chi connectivity index (χ1) is 10.2. The third-order valence-corrected chi connectivity index (χ3v) is 4.60. The monoisotopic (exact) mass is 305 g/mol. The summed E-state index contributed by atoms with van der Waals surface area (Å²) in [5.74, 6) is 0.164. The lowest BCUT2D eigenvalue weighted by atomic mass is 10.2. The van der Waals surface area contributed by atoms with E-state index in [1.165, 1.54) is 7.11 Å². The third kappa shape index (κ3) is 4.93. The second-order valence-corrected chi connectivity index (χ2v) is 6.11. The van der Waals surface area contributed by atoms with Gasteiger partial charge in [-0.05, 0) is 18.1 Å². The lowest BCUT2D eigenvalue weighted by Gasteiger charge is -2.13. The van der Waals surface area contributed by atoms with Crippen LogP contribution in [0, 0.1) is 0 Å². The number of methoxy groups -OCH3 is 1. The van der Waals surface area contributed by atoms with E-state index >= 15 is 0 Å². The molecule has 21 heavy (non-hydrogen) atoms. The number of hydrogen-bond acceptors (Lipinski definition) is 4. The van der Waals surface area contributed by atoms with E-state index in [4.69, 9.17) is 0 Å². The SMILES string of the molecule is COC(=O)CS[C@H]1CCN(C(=O)/C=C/c2ccccc2)C1. The number of esters is 1. The van der Waals surface area contributed by atoms with Crippen molar-refractivity contribution in [3.63, 3.8) is 0 Å². The second kappa shape index (κ2) is 7.88. The Kier molecular flexibility index (Phi) is 5.87. The molecule has 1 aromatic carbocycles. The van der Waals surface area contributed by atoms with Gasteiger partial charge in [0.1, 0.15) is 0 Å². The minimum absolute atomic E-state index is 0.0278. The summed E-state index contributed by atoms with van der Waals surface area (Å²) in [6.07, 6.45) is 4.37. The predicted molar refractivity (Wildman–Crippen MR) is 84.9 cm³/mol. The quantitative estimate of drug-likeness (QED) is 0.618. The van der Waals surface area contributed by atoms with Gasteiger partial charge in [-0.25, -0.2) is 0 Å². The minimum atomic E-state index is -0.214. The van der Waals surface area contributed by atoms with Gasteiger partial charge in [0.25, 0.3) is 0 Å². The van der Waals surface area contributed by atoms with Crippen molar-refractivity contribution in [1.29, 1.82) is 0 Å². The molecule has 0 aromatic heterocycles. The summed E-state index contributed by atoms with van der Waals surface area (Å²) in [7, 11) is 1.39. The number of carbonyl (C=O) groups excluding carboxylic acids is 2. The molecule has 1 atom stereocenters. The van der Waals surface area contributed by atoms with Gasteiger partial charge in [0.2, 0.25) is 5.91 Å². The van der Waals surface area contributed by atoms with Crippen molar-refractivity contribution in [2.75, 3.05) is 26.0 Å². The molecule has 0 unspecified atom stereocenters. The van der Waals surface area contributed by atoms with Gasteiger partial charge in [-0.3, -0.25) is 9.59 Å². The van der Waals surface area contributed by atoms with Crippen LogP contribution in [0.1, 0.15) is 12.0 Å². The maximum absolute atomic E-state index is 12.1. The van der Waals surface area contributed by atoms with Crippen molar-refractivity contribution < 1.29 is 14.3 Å². The van der Waals surface area contributed by atoms with Gasteiger partial charge in [0.15, 0.2) is 0 Å². The van der Waals surface area contributed by atoms with E-state index in [0.29, 0.717) is 17.5 Å². The Bertz CT molecular complexity index is 516. The topological polar surface area (TPSA) is 46.6 Å². The maximum Gasteiger partial charge on any atom is 0.315 e. The van der Waals surface area contributed by atoms with Gasteiger partial charge >= 0.3 is 5.97 Å². The Morgan fingerprint density at radius 3 is 2.86 bits per heavy atom. The Morgan fingerprint density at radius 1 is 1.38 bits per heavy atom. The standard InChI is InChI=1S/C16H19NO3S/c1-20-16(19)12-21-14-9-10-17(11-14)15(18)8-7-13-5-3-2-4-6-13/h2-8,14H,9-12H2,1H3/b8-7+/t14-/m0/s1. The Morgan fingerprint density at radius 2 is 2.14 bits per heavy atom. The highest BCUT2D eigenvalue weighted by molar-refractivity contribution is 8.00. The molecule has 0 aliphatic carbocycles. The highest BCUT2D eigenvalue weighted by Gasteiger charge is 2.25. The summed E-state index contributed by atoms with van der Waals surface area (Å²) in [5.41, 5.74) is 1.02. The molecule has 1 amide bonds. The third-order valence-electron chi connectivity index (χ3n) is 3.34. The van der Waals surface area contributed by atoms with E-state index in [-0.39, 0.29) is 11.9 Å². The lowest BCUT2D eigenvalue weighted by Crippen LogP contribution is -2.27. The molecule has 1 aromatic rings. The highest BCUT2D eigenvalue weighted by Crippen LogP contribution is 2.23. The van der Waals surface area contributed by atoms with E-state index in [1.807, 2.05) is 41.3 Å². The molecule has 4 nitrogen and oxygen atoms in total. The number of rotatable bonds is 5. The molecule has 0 radical (unpaired) electrons. The predicted octanol–water partition coefficient (Wildman–Crippen LogP) is 2.21. The Balaban J connectivity index is 1.79. The van der Waals surface area contributed by atoms with Crippen LogP contribution in [0.5, 0.6) is 0 Å². The molecule has 1 saturated heterocycles. The summed E-state index contributed by atoms with van der Waals surface area (Å²) in [4.78, 5) is 25.0. The van der Waals surface area contributed by atoms with Crippen molar-refractivity contribution in [2.45, 2.75) is 11.7 Å². The van der Waals surface area contributed by atoms with Crippen LogP contribution in [0.25, 0.3) is 6.08 Å². The van der Waals surface area contributed by atoms with Gasteiger partial charge in [-0.15, -0.1) is 11.8 Å². The number of amides is 1. The molecule has 0 bridgehead atoms. The zero-order chi connectivity index (χ0) is 15.1. The summed E-state index contributed by atoms with van der Waals surface area (Å²) in [6, 6.07) is 9.76. The van der Waals surface area contributed by atoms with Crippen LogP contribution < -0.4 is 0 Å². The van der Waals surface area contributed by atoms with Gasteiger partial charge < -0.3 is 9.64 Å². The zero-order valence-corrected chi connectivity index (χ0v) is 12.8. The Labute approximate surface area is 129 Å². The first kappa shape index (κ1) is 15.6. The fourth-order valence-electron chi connectivity index (χ4n) is 2.15. The van der Waals surface area contributed by atoms with Gasteiger partial charge in [0, 0.05) is 24.4 Å². The van der Waals surface area contributed by atoms with E-state index in [0.717, 1.165) is 18.5 Å². The van der Waals surface area contributed by atoms with Crippen molar-refractivity contribution in [3.8, 4) is 0 Å². The molecule has 1 aliphatic rings. The van der Waals surface area contributed by atoms with Crippen LogP contribution in [0.3, 0.4) is 0 Å². The summed E-state index contributed by atoms with van der Waals surface area (Å²) in [6.45, 7) is 1.44. The smallest absolute Gasteiger partial charge is 0.315 e. The molecule has 112 valence electrons. The number of nitrogens with zero attached hydrogens (tertiary/aromatic N) is 1. The average Bonchev–Trinajstić information content (AvgIpc) is 3.00. The van der Waals surface area contributed by atoms with Crippen LogP contribution in [-0.4, -0.2) is 48.0 Å². The molecular formula is C16H19NO3S. The van der Waals surface area contributed by atoms with E-state index in [2.05, 4.69) is 4.74 Å². The lowest BCUT2D eigenvalue weighted by molar-refractivity contribution is -0.137. The summed E-state index contributed by atoms with van der Waals surface area (Å²) in [5, 5.41) is 0.318. The zero-order valence-electron chi connectivity index (χ0n) is 12.0. The minimum Gasteiger partial charge on any atom is -0.468 e. The van der Waals surface area contributed by atoms with Gasteiger partial charge in [-0.2, -0.15) is 0 Å². The normalized spacial score (nSPS) is 18.1. The summed E-state index contributed by atoms with van der Waals surface area (Å²) >= 11 is 1.56. The number of carbonyl (C=O) groups is 2. The molecule has 0 spiro atoms. The van der Waals surface area contributed by atoms with Crippen molar-refractivity contribution in [1.82, 2.24) is 4.90 Å². The van der Waals surface area contributed by atoms with Crippen LogP contribution in [0.15, 0.2) is 36.4 Å².